The van der Waals surface area contributed by atoms with Gasteiger partial charge >= 0.3 is 0 Å². The van der Waals surface area contributed by atoms with E-state index in [2.05, 4.69) is 4.98 Å². The predicted octanol–water partition coefficient (Wildman–Crippen LogP) is 5.10. The summed E-state index contributed by atoms with van der Waals surface area (Å²) in [5.41, 5.74) is 0.741. The Hall–Kier alpha value is -3.06. The molecule has 0 saturated heterocycles. The van der Waals surface area contributed by atoms with E-state index >= 15 is 0 Å². The van der Waals surface area contributed by atoms with Crippen molar-refractivity contribution in [2.45, 2.75) is 10.9 Å². The number of hydrogen-bond donors (Lipinski definition) is 0. The van der Waals surface area contributed by atoms with Gasteiger partial charge in [-0.3, -0.25) is 9.36 Å². The Morgan fingerprint density at radius 3 is 2.46 bits per heavy atom. The van der Waals surface area contributed by atoms with Gasteiger partial charge in [0.25, 0.3) is 5.56 Å². The van der Waals surface area contributed by atoms with Crippen LogP contribution in [-0.2, 0) is 5.75 Å². The molecule has 28 heavy (non-hydrogen) atoms. The number of rotatable bonds is 4. The molecule has 0 saturated carbocycles. The molecular weight excluding hydrogens is 385 g/mol. The highest BCUT2D eigenvalue weighted by molar-refractivity contribution is 7.98. The number of para-hydroxylation sites is 1. The van der Waals surface area contributed by atoms with Crippen LogP contribution in [-0.4, -0.2) is 9.55 Å². The first kappa shape index (κ1) is 18.3. The highest BCUT2D eigenvalue weighted by atomic mass is 32.2. The summed E-state index contributed by atoms with van der Waals surface area (Å²) in [5, 5.41) is 0.682. The molecule has 0 amide bonds. The first-order chi connectivity index (χ1) is 13.5. The van der Waals surface area contributed by atoms with Gasteiger partial charge in [0.2, 0.25) is 0 Å². The molecule has 7 heteroatoms. The van der Waals surface area contributed by atoms with Gasteiger partial charge in [0, 0.05) is 11.8 Å². The van der Waals surface area contributed by atoms with E-state index in [1.54, 1.807) is 30.3 Å². The number of thioether (sulfide) groups is 1. The van der Waals surface area contributed by atoms with E-state index in [0.29, 0.717) is 16.6 Å². The van der Waals surface area contributed by atoms with Crippen molar-refractivity contribution in [3.63, 3.8) is 0 Å². The maximum absolute atomic E-state index is 14.0. The van der Waals surface area contributed by atoms with Gasteiger partial charge in [0.05, 0.1) is 16.6 Å². The average molecular weight is 398 g/mol. The molecule has 0 atom stereocenters. The molecule has 0 N–H and O–H groups in total. The van der Waals surface area contributed by atoms with Crippen molar-refractivity contribution < 1.29 is 13.2 Å². The SMILES string of the molecule is O=c1c2ccccc2nc(SCc2ccc(F)cc2F)n1-c1cccc(F)c1. The zero-order valence-electron chi connectivity index (χ0n) is 14.4. The van der Waals surface area contributed by atoms with Crippen molar-refractivity contribution in [1.82, 2.24) is 9.55 Å². The van der Waals surface area contributed by atoms with Crippen LogP contribution in [0.15, 0.2) is 76.7 Å². The van der Waals surface area contributed by atoms with E-state index in [0.717, 1.165) is 17.8 Å². The Bertz CT molecular complexity index is 1240. The molecule has 0 fully saturated rings. The summed E-state index contributed by atoms with van der Waals surface area (Å²) >= 11 is 1.12. The molecule has 0 aliphatic rings. The number of nitrogens with zero attached hydrogens (tertiary/aromatic N) is 2. The number of hydrogen-bond acceptors (Lipinski definition) is 3. The lowest BCUT2D eigenvalue weighted by atomic mass is 10.2. The lowest BCUT2D eigenvalue weighted by Crippen LogP contribution is -2.21. The topological polar surface area (TPSA) is 34.9 Å². The molecule has 0 aliphatic carbocycles. The predicted molar refractivity (Wildman–Crippen MR) is 103 cm³/mol. The molecule has 0 radical (unpaired) electrons. The second kappa shape index (κ2) is 7.52. The van der Waals surface area contributed by atoms with E-state index in [9.17, 15) is 18.0 Å². The molecule has 0 bridgehead atoms. The van der Waals surface area contributed by atoms with Gasteiger partial charge in [-0.05, 0) is 42.0 Å². The number of benzene rings is 3. The van der Waals surface area contributed by atoms with Crippen molar-refractivity contribution in [3.05, 3.63) is 100 Å². The molecule has 3 nitrogen and oxygen atoms in total. The van der Waals surface area contributed by atoms with Crippen LogP contribution in [0.1, 0.15) is 5.56 Å². The van der Waals surface area contributed by atoms with E-state index in [-0.39, 0.29) is 22.0 Å². The van der Waals surface area contributed by atoms with Gasteiger partial charge in [-0.15, -0.1) is 0 Å². The minimum absolute atomic E-state index is 0.131. The van der Waals surface area contributed by atoms with Crippen molar-refractivity contribution in [2.75, 3.05) is 0 Å². The first-order valence-electron chi connectivity index (χ1n) is 8.37. The quantitative estimate of drug-likeness (QED) is 0.355. The molecule has 4 aromatic rings. The molecule has 1 heterocycles. The minimum atomic E-state index is -0.673. The molecule has 140 valence electrons. The van der Waals surface area contributed by atoms with Gasteiger partial charge in [-0.1, -0.05) is 36.0 Å². The highest BCUT2D eigenvalue weighted by Crippen LogP contribution is 2.26. The zero-order chi connectivity index (χ0) is 19.7. The molecular formula is C21H13F3N2OS. The van der Waals surface area contributed by atoms with Crippen molar-refractivity contribution in [3.8, 4) is 5.69 Å². The van der Waals surface area contributed by atoms with Crippen LogP contribution >= 0.6 is 11.8 Å². The number of aromatic nitrogens is 2. The second-order valence-corrected chi connectivity index (χ2v) is 7.00. The van der Waals surface area contributed by atoms with Crippen LogP contribution in [0.4, 0.5) is 13.2 Å². The third-order valence-corrected chi connectivity index (χ3v) is 5.17. The number of fused-ring (bicyclic) bond motifs is 1. The van der Waals surface area contributed by atoms with Crippen LogP contribution in [0.25, 0.3) is 16.6 Å². The van der Waals surface area contributed by atoms with Gasteiger partial charge in [0.1, 0.15) is 17.5 Å². The monoisotopic (exact) mass is 398 g/mol. The smallest absolute Gasteiger partial charge is 0.266 e. The Labute approximate surface area is 162 Å². The summed E-state index contributed by atoms with van der Waals surface area (Å²) in [5.74, 6) is -1.69. The summed E-state index contributed by atoms with van der Waals surface area (Å²) in [6, 6.07) is 15.8. The fourth-order valence-electron chi connectivity index (χ4n) is 2.83. The van der Waals surface area contributed by atoms with Crippen LogP contribution in [0.3, 0.4) is 0 Å². The molecule has 0 aliphatic heterocycles. The first-order valence-corrected chi connectivity index (χ1v) is 9.36. The molecule has 0 spiro atoms. The highest BCUT2D eigenvalue weighted by Gasteiger charge is 2.15. The van der Waals surface area contributed by atoms with Crippen LogP contribution in [0.2, 0.25) is 0 Å². The third kappa shape index (κ3) is 3.53. The van der Waals surface area contributed by atoms with Crippen LogP contribution in [0, 0.1) is 17.5 Å². The molecule has 0 unspecified atom stereocenters. The lowest BCUT2D eigenvalue weighted by molar-refractivity contribution is 0.576. The van der Waals surface area contributed by atoms with Crippen molar-refractivity contribution in [2.24, 2.45) is 0 Å². The van der Waals surface area contributed by atoms with Gasteiger partial charge < -0.3 is 0 Å². The largest absolute Gasteiger partial charge is 0.268 e. The maximum Gasteiger partial charge on any atom is 0.266 e. The summed E-state index contributed by atoms with van der Waals surface area (Å²) in [6.45, 7) is 0. The maximum atomic E-state index is 14.0. The summed E-state index contributed by atoms with van der Waals surface area (Å²) in [7, 11) is 0. The summed E-state index contributed by atoms with van der Waals surface area (Å²) in [6.07, 6.45) is 0. The average Bonchev–Trinajstić information content (AvgIpc) is 2.67. The Kier molecular flexibility index (Phi) is 4.92. The van der Waals surface area contributed by atoms with Crippen molar-refractivity contribution >= 4 is 22.7 Å². The van der Waals surface area contributed by atoms with E-state index in [4.69, 9.17) is 0 Å². The Morgan fingerprint density at radius 1 is 0.893 bits per heavy atom. The molecule has 4 rings (SSSR count). The normalized spacial score (nSPS) is 11.1. The van der Waals surface area contributed by atoms with Gasteiger partial charge in [-0.2, -0.15) is 0 Å². The van der Waals surface area contributed by atoms with Crippen LogP contribution in [0.5, 0.6) is 0 Å². The Morgan fingerprint density at radius 2 is 1.68 bits per heavy atom. The van der Waals surface area contributed by atoms with Gasteiger partial charge in [0.15, 0.2) is 5.16 Å². The molecule has 3 aromatic carbocycles. The van der Waals surface area contributed by atoms with E-state index in [1.807, 2.05) is 0 Å². The summed E-state index contributed by atoms with van der Waals surface area (Å²) in [4.78, 5) is 17.6. The van der Waals surface area contributed by atoms with Crippen LogP contribution < -0.4 is 5.56 Å². The van der Waals surface area contributed by atoms with Gasteiger partial charge in [-0.25, -0.2) is 18.2 Å². The number of halogens is 3. The standard InChI is InChI=1S/C21H13F3N2OS/c22-14-4-3-5-16(10-14)26-20(27)17-6-1-2-7-19(17)25-21(26)28-12-13-8-9-15(23)11-18(13)24/h1-11H,12H2. The Balaban J connectivity index is 1.84. The fraction of sp³-hybridized carbons (Fsp3) is 0.0476. The lowest BCUT2D eigenvalue weighted by Gasteiger charge is -2.13. The van der Waals surface area contributed by atoms with E-state index in [1.165, 1.54) is 34.9 Å². The second-order valence-electron chi connectivity index (χ2n) is 6.06. The van der Waals surface area contributed by atoms with Crippen molar-refractivity contribution in [1.29, 1.82) is 0 Å². The summed E-state index contributed by atoms with van der Waals surface area (Å²) < 4.78 is 42.1. The third-order valence-electron chi connectivity index (χ3n) is 4.18. The zero-order valence-corrected chi connectivity index (χ0v) is 15.2. The van der Waals surface area contributed by atoms with E-state index < -0.39 is 17.5 Å². The molecule has 1 aromatic heterocycles. The fourth-order valence-corrected chi connectivity index (χ4v) is 3.83. The minimum Gasteiger partial charge on any atom is -0.268 e.